The maximum absolute atomic E-state index is 13.5. The lowest BCUT2D eigenvalue weighted by molar-refractivity contribution is -0.120. The summed E-state index contributed by atoms with van der Waals surface area (Å²) in [5.74, 6) is 0.355. The summed E-state index contributed by atoms with van der Waals surface area (Å²) in [6, 6.07) is 11.3. The van der Waals surface area contributed by atoms with Gasteiger partial charge < -0.3 is 14.8 Å². The van der Waals surface area contributed by atoms with Crippen molar-refractivity contribution >= 4 is 21.6 Å². The lowest BCUT2D eigenvalue weighted by Gasteiger charge is -2.25. The molecule has 2 rings (SSSR count). The van der Waals surface area contributed by atoms with Crippen LogP contribution in [0.25, 0.3) is 0 Å². The van der Waals surface area contributed by atoms with E-state index >= 15 is 0 Å². The van der Waals surface area contributed by atoms with Crippen LogP contribution < -0.4 is 19.1 Å². The first-order valence-electron chi connectivity index (χ1n) is 9.83. The number of nitrogens with one attached hydrogen (secondary N) is 1. The lowest BCUT2D eigenvalue weighted by Crippen LogP contribution is -2.43. The van der Waals surface area contributed by atoms with Gasteiger partial charge in [-0.3, -0.25) is 9.10 Å². The highest BCUT2D eigenvalue weighted by atomic mass is 32.2. The van der Waals surface area contributed by atoms with Gasteiger partial charge in [-0.1, -0.05) is 31.0 Å². The molecule has 1 atom stereocenters. The summed E-state index contributed by atoms with van der Waals surface area (Å²) in [5, 5.41) is 2.87. The van der Waals surface area contributed by atoms with E-state index in [0.29, 0.717) is 17.2 Å². The minimum Gasteiger partial charge on any atom is -0.493 e. The molecule has 164 valence electrons. The number of amides is 1. The lowest BCUT2D eigenvalue weighted by atomic mass is 10.2. The van der Waals surface area contributed by atoms with Crippen molar-refractivity contribution in [3.8, 4) is 11.5 Å². The normalized spacial score (nSPS) is 12.2. The summed E-state index contributed by atoms with van der Waals surface area (Å²) in [6.07, 6.45) is 1.74. The number of rotatable bonds is 10. The number of aryl methyl sites for hydroxylation is 1. The quantitative estimate of drug-likeness (QED) is 0.619. The van der Waals surface area contributed by atoms with Crippen molar-refractivity contribution < 1.29 is 22.7 Å². The van der Waals surface area contributed by atoms with Crippen LogP contribution in [0, 0.1) is 6.92 Å². The molecule has 0 aromatic heterocycles. The van der Waals surface area contributed by atoms with Gasteiger partial charge in [-0.25, -0.2) is 8.42 Å². The Kier molecular flexibility index (Phi) is 8.11. The van der Waals surface area contributed by atoms with Crippen LogP contribution in [0.15, 0.2) is 47.4 Å². The molecule has 0 bridgehead atoms. The minimum atomic E-state index is -4.03. The Morgan fingerprint density at radius 2 is 1.70 bits per heavy atom. The SMILES string of the molecule is CCC[C@@H](C)NC(=O)CN(c1ccc(C)cc1)S(=O)(=O)c1ccc(OC)c(OC)c1. The molecule has 0 unspecified atom stereocenters. The van der Waals surface area contributed by atoms with Gasteiger partial charge in [-0.05, 0) is 44.5 Å². The largest absolute Gasteiger partial charge is 0.493 e. The number of methoxy groups -OCH3 is 2. The molecule has 2 aromatic carbocycles. The van der Waals surface area contributed by atoms with Gasteiger partial charge in [0.2, 0.25) is 5.91 Å². The Morgan fingerprint density at radius 3 is 2.27 bits per heavy atom. The number of hydrogen-bond acceptors (Lipinski definition) is 5. The summed E-state index contributed by atoms with van der Waals surface area (Å²) in [7, 11) is -1.11. The van der Waals surface area contributed by atoms with E-state index in [1.54, 1.807) is 12.1 Å². The van der Waals surface area contributed by atoms with Crippen LogP contribution in [0.3, 0.4) is 0 Å². The number of nitrogens with zero attached hydrogens (tertiary/aromatic N) is 1. The van der Waals surface area contributed by atoms with Crippen LogP contribution in [0.5, 0.6) is 11.5 Å². The number of ether oxygens (including phenoxy) is 2. The Bertz CT molecular complexity index is 958. The van der Waals surface area contributed by atoms with Crippen molar-refractivity contribution in [2.24, 2.45) is 0 Å². The molecule has 0 spiro atoms. The summed E-state index contributed by atoms with van der Waals surface area (Å²) in [5.41, 5.74) is 1.40. The van der Waals surface area contributed by atoms with Crippen LogP contribution in [-0.4, -0.2) is 41.1 Å². The third kappa shape index (κ3) is 5.66. The number of carbonyl (C=O) groups is 1. The summed E-state index contributed by atoms with van der Waals surface area (Å²) in [6.45, 7) is 5.52. The average Bonchev–Trinajstić information content (AvgIpc) is 2.72. The Morgan fingerprint density at radius 1 is 1.07 bits per heavy atom. The molecular formula is C22H30N2O5S. The van der Waals surface area contributed by atoms with E-state index in [2.05, 4.69) is 5.32 Å². The molecule has 0 fully saturated rings. The predicted octanol–water partition coefficient (Wildman–Crippen LogP) is 3.51. The highest BCUT2D eigenvalue weighted by Crippen LogP contribution is 2.32. The van der Waals surface area contributed by atoms with E-state index in [0.717, 1.165) is 22.7 Å². The van der Waals surface area contributed by atoms with E-state index < -0.39 is 10.0 Å². The predicted molar refractivity (Wildman–Crippen MR) is 118 cm³/mol. The first-order chi connectivity index (χ1) is 14.2. The fraction of sp³-hybridized carbons (Fsp3) is 0.409. The molecule has 30 heavy (non-hydrogen) atoms. The highest BCUT2D eigenvalue weighted by Gasteiger charge is 2.28. The second-order valence-corrected chi connectivity index (χ2v) is 8.98. The topological polar surface area (TPSA) is 84.9 Å². The van der Waals surface area contributed by atoms with E-state index in [4.69, 9.17) is 9.47 Å². The van der Waals surface area contributed by atoms with Gasteiger partial charge in [0.1, 0.15) is 6.54 Å². The van der Waals surface area contributed by atoms with Gasteiger partial charge >= 0.3 is 0 Å². The summed E-state index contributed by atoms with van der Waals surface area (Å²) >= 11 is 0. The maximum Gasteiger partial charge on any atom is 0.264 e. The zero-order valence-electron chi connectivity index (χ0n) is 18.1. The Labute approximate surface area is 179 Å². The summed E-state index contributed by atoms with van der Waals surface area (Å²) in [4.78, 5) is 12.6. The first-order valence-corrected chi connectivity index (χ1v) is 11.3. The second kappa shape index (κ2) is 10.3. The van der Waals surface area contributed by atoms with Crippen LogP contribution in [0.2, 0.25) is 0 Å². The number of carbonyl (C=O) groups excluding carboxylic acids is 1. The molecule has 0 saturated carbocycles. The molecule has 0 aliphatic heterocycles. The van der Waals surface area contributed by atoms with E-state index in [1.165, 1.54) is 32.4 Å². The van der Waals surface area contributed by atoms with E-state index in [9.17, 15) is 13.2 Å². The van der Waals surface area contributed by atoms with Crippen molar-refractivity contribution in [1.82, 2.24) is 5.32 Å². The van der Waals surface area contributed by atoms with Gasteiger partial charge in [0.05, 0.1) is 24.8 Å². The standard InChI is InChI=1S/C22H30N2O5S/c1-6-7-17(3)23-22(25)15-24(18-10-8-16(2)9-11-18)30(26,27)19-12-13-20(28-4)21(14-19)29-5/h8-14,17H,6-7,15H2,1-5H3,(H,23,25)/t17-/m1/s1. The molecule has 1 amide bonds. The molecule has 0 radical (unpaired) electrons. The summed E-state index contributed by atoms with van der Waals surface area (Å²) < 4.78 is 38.5. The molecule has 0 saturated heterocycles. The molecule has 1 N–H and O–H groups in total. The Hall–Kier alpha value is -2.74. The smallest absolute Gasteiger partial charge is 0.264 e. The van der Waals surface area contributed by atoms with Crippen molar-refractivity contribution in [2.75, 3.05) is 25.1 Å². The van der Waals surface area contributed by atoms with Gasteiger partial charge in [0.25, 0.3) is 10.0 Å². The third-order valence-electron chi connectivity index (χ3n) is 4.68. The van der Waals surface area contributed by atoms with E-state index in [1.807, 2.05) is 32.9 Å². The van der Waals surface area contributed by atoms with Crippen molar-refractivity contribution in [2.45, 2.75) is 44.6 Å². The van der Waals surface area contributed by atoms with Gasteiger partial charge in [0, 0.05) is 12.1 Å². The molecule has 7 nitrogen and oxygen atoms in total. The minimum absolute atomic E-state index is 0.00938. The second-order valence-electron chi connectivity index (χ2n) is 7.12. The Balaban J connectivity index is 2.44. The van der Waals surface area contributed by atoms with Gasteiger partial charge in [-0.2, -0.15) is 0 Å². The zero-order valence-corrected chi connectivity index (χ0v) is 19.0. The van der Waals surface area contributed by atoms with Crippen LogP contribution in [-0.2, 0) is 14.8 Å². The average molecular weight is 435 g/mol. The van der Waals surface area contributed by atoms with Gasteiger partial charge in [0.15, 0.2) is 11.5 Å². The molecule has 0 heterocycles. The van der Waals surface area contributed by atoms with Crippen LogP contribution >= 0.6 is 0 Å². The molecule has 0 aliphatic carbocycles. The number of benzene rings is 2. The van der Waals surface area contributed by atoms with Crippen molar-refractivity contribution in [3.05, 3.63) is 48.0 Å². The van der Waals surface area contributed by atoms with Crippen molar-refractivity contribution in [3.63, 3.8) is 0 Å². The van der Waals surface area contributed by atoms with E-state index in [-0.39, 0.29) is 23.4 Å². The fourth-order valence-electron chi connectivity index (χ4n) is 3.09. The molecule has 2 aromatic rings. The monoisotopic (exact) mass is 434 g/mol. The van der Waals surface area contributed by atoms with Crippen LogP contribution in [0.1, 0.15) is 32.3 Å². The van der Waals surface area contributed by atoms with Gasteiger partial charge in [-0.15, -0.1) is 0 Å². The molecule has 0 aliphatic rings. The highest BCUT2D eigenvalue weighted by molar-refractivity contribution is 7.92. The molecule has 8 heteroatoms. The third-order valence-corrected chi connectivity index (χ3v) is 6.45. The van der Waals surface area contributed by atoms with Crippen LogP contribution in [0.4, 0.5) is 5.69 Å². The number of anilines is 1. The molecular weight excluding hydrogens is 404 g/mol. The maximum atomic E-state index is 13.5. The van der Waals surface area contributed by atoms with Crippen molar-refractivity contribution in [1.29, 1.82) is 0 Å². The number of hydrogen-bond donors (Lipinski definition) is 1. The zero-order chi connectivity index (χ0) is 22.3. The fourth-order valence-corrected chi connectivity index (χ4v) is 4.52. The number of sulfonamides is 1. The first kappa shape index (κ1) is 23.5.